The van der Waals surface area contributed by atoms with Gasteiger partial charge in [-0.1, -0.05) is 12.8 Å². The van der Waals surface area contributed by atoms with Crippen LogP contribution in [0.2, 0.25) is 0 Å². The van der Waals surface area contributed by atoms with E-state index in [9.17, 15) is 19.7 Å². The third-order valence-corrected chi connectivity index (χ3v) is 3.90. The third kappa shape index (κ3) is 4.64. The molecule has 7 heteroatoms. The summed E-state index contributed by atoms with van der Waals surface area (Å²) in [4.78, 5) is 35.2. The molecule has 2 amide bonds. The number of nitrogens with zero attached hydrogens (tertiary/aromatic N) is 2. The van der Waals surface area contributed by atoms with E-state index in [1.807, 2.05) is 0 Å². The lowest BCUT2D eigenvalue weighted by Gasteiger charge is -2.26. The van der Waals surface area contributed by atoms with Crippen LogP contribution in [0.25, 0.3) is 6.08 Å². The van der Waals surface area contributed by atoms with Crippen molar-refractivity contribution in [3.63, 3.8) is 0 Å². The highest BCUT2D eigenvalue weighted by Crippen LogP contribution is 2.23. The molecule has 23 heavy (non-hydrogen) atoms. The number of rotatable bonds is 6. The van der Waals surface area contributed by atoms with Gasteiger partial charge in [0.05, 0.1) is 11.5 Å². The van der Waals surface area contributed by atoms with Crippen LogP contribution in [0.1, 0.15) is 31.2 Å². The third-order valence-electron chi connectivity index (χ3n) is 3.90. The van der Waals surface area contributed by atoms with Gasteiger partial charge >= 0.3 is 0 Å². The Morgan fingerprint density at radius 2 is 1.87 bits per heavy atom. The Morgan fingerprint density at radius 1 is 1.26 bits per heavy atom. The summed E-state index contributed by atoms with van der Waals surface area (Å²) >= 11 is 0. The zero-order chi connectivity index (χ0) is 16.8. The largest absolute Gasteiger partial charge is 0.368 e. The van der Waals surface area contributed by atoms with Crippen LogP contribution in [0.3, 0.4) is 0 Å². The number of hydrogen-bond acceptors (Lipinski definition) is 4. The number of carbonyl (C=O) groups is 2. The summed E-state index contributed by atoms with van der Waals surface area (Å²) in [7, 11) is 0. The maximum absolute atomic E-state index is 12.3. The number of nitro benzene ring substituents is 1. The summed E-state index contributed by atoms with van der Waals surface area (Å²) in [5.74, 6) is -0.803. The van der Waals surface area contributed by atoms with E-state index in [2.05, 4.69) is 0 Å². The minimum atomic E-state index is -0.533. The molecule has 0 aliphatic heterocycles. The first kappa shape index (κ1) is 16.7. The molecule has 1 aliphatic carbocycles. The minimum Gasteiger partial charge on any atom is -0.368 e. The molecule has 0 heterocycles. The first-order valence-corrected chi connectivity index (χ1v) is 7.49. The summed E-state index contributed by atoms with van der Waals surface area (Å²) in [5, 5.41) is 10.6. The zero-order valence-corrected chi connectivity index (χ0v) is 12.7. The van der Waals surface area contributed by atoms with Gasteiger partial charge in [0.25, 0.3) is 5.69 Å². The monoisotopic (exact) mass is 317 g/mol. The Labute approximate surface area is 133 Å². The molecule has 0 aromatic heterocycles. The molecule has 122 valence electrons. The van der Waals surface area contributed by atoms with E-state index in [1.165, 1.54) is 23.1 Å². The molecule has 0 saturated heterocycles. The summed E-state index contributed by atoms with van der Waals surface area (Å²) in [5.41, 5.74) is 5.90. The number of primary amides is 1. The van der Waals surface area contributed by atoms with E-state index >= 15 is 0 Å². The number of hydrogen-bond donors (Lipinski definition) is 1. The van der Waals surface area contributed by atoms with Crippen molar-refractivity contribution in [2.75, 3.05) is 6.54 Å². The minimum absolute atomic E-state index is 0.00483. The topological polar surface area (TPSA) is 107 Å². The van der Waals surface area contributed by atoms with Gasteiger partial charge in [-0.15, -0.1) is 0 Å². The predicted octanol–water partition coefficient (Wildman–Crippen LogP) is 1.86. The Bertz CT molecular complexity index is 619. The molecule has 0 radical (unpaired) electrons. The van der Waals surface area contributed by atoms with Crippen molar-refractivity contribution in [1.29, 1.82) is 0 Å². The standard InChI is InChI=1S/C16H19N3O4/c17-15(20)11-18(13-3-1-2-4-13)16(21)10-7-12-5-8-14(9-6-12)19(22)23/h5-10,13H,1-4,11H2,(H2,17,20). The summed E-state index contributed by atoms with van der Waals surface area (Å²) in [6, 6.07) is 5.94. The number of amides is 2. The predicted molar refractivity (Wildman–Crippen MR) is 85.3 cm³/mol. The van der Waals surface area contributed by atoms with E-state index in [-0.39, 0.29) is 24.2 Å². The fraction of sp³-hybridized carbons (Fsp3) is 0.375. The van der Waals surface area contributed by atoms with Gasteiger partial charge in [0.15, 0.2) is 0 Å². The second-order valence-corrected chi connectivity index (χ2v) is 5.55. The van der Waals surface area contributed by atoms with E-state index in [1.54, 1.807) is 18.2 Å². The van der Waals surface area contributed by atoms with Gasteiger partial charge in [-0.3, -0.25) is 19.7 Å². The zero-order valence-electron chi connectivity index (χ0n) is 12.7. The van der Waals surface area contributed by atoms with Crippen molar-refractivity contribution >= 4 is 23.6 Å². The second-order valence-electron chi connectivity index (χ2n) is 5.55. The maximum Gasteiger partial charge on any atom is 0.269 e. The molecule has 0 bridgehead atoms. The Kier molecular flexibility index (Phi) is 5.46. The summed E-state index contributed by atoms with van der Waals surface area (Å²) in [6.07, 6.45) is 6.80. The van der Waals surface area contributed by atoms with Crippen LogP contribution < -0.4 is 5.73 Å². The van der Waals surface area contributed by atoms with Crippen LogP contribution in [0.15, 0.2) is 30.3 Å². The van der Waals surface area contributed by atoms with Crippen molar-refractivity contribution in [3.8, 4) is 0 Å². The maximum atomic E-state index is 12.3. The van der Waals surface area contributed by atoms with Crippen LogP contribution in [0, 0.1) is 10.1 Å². The molecule has 1 aromatic carbocycles. The first-order valence-electron chi connectivity index (χ1n) is 7.49. The quantitative estimate of drug-likeness (QED) is 0.491. The Morgan fingerprint density at radius 3 is 2.39 bits per heavy atom. The Balaban J connectivity index is 2.07. The molecular weight excluding hydrogens is 298 g/mol. The number of nitrogens with two attached hydrogens (primary N) is 1. The van der Waals surface area contributed by atoms with Crippen molar-refractivity contribution in [2.45, 2.75) is 31.7 Å². The molecule has 2 rings (SSSR count). The number of nitro groups is 1. The van der Waals surface area contributed by atoms with Gasteiger partial charge in [-0.25, -0.2) is 0 Å². The molecular formula is C16H19N3O4. The fourth-order valence-electron chi connectivity index (χ4n) is 2.74. The van der Waals surface area contributed by atoms with Crippen LogP contribution in [0.5, 0.6) is 0 Å². The smallest absolute Gasteiger partial charge is 0.269 e. The van der Waals surface area contributed by atoms with E-state index in [0.29, 0.717) is 5.56 Å². The van der Waals surface area contributed by atoms with Gasteiger partial charge in [0, 0.05) is 24.3 Å². The number of benzene rings is 1. The van der Waals surface area contributed by atoms with Gasteiger partial charge in [0.1, 0.15) is 0 Å². The van der Waals surface area contributed by atoms with Crippen molar-refractivity contribution in [3.05, 3.63) is 46.0 Å². The Hall–Kier alpha value is -2.70. The summed E-state index contributed by atoms with van der Waals surface area (Å²) in [6.45, 7) is -0.0892. The van der Waals surface area contributed by atoms with Gasteiger partial charge in [-0.05, 0) is 36.6 Å². The first-order chi connectivity index (χ1) is 11.0. The van der Waals surface area contributed by atoms with Crippen LogP contribution in [-0.4, -0.2) is 34.2 Å². The molecule has 0 atom stereocenters. The van der Waals surface area contributed by atoms with Crippen molar-refractivity contribution < 1.29 is 14.5 Å². The lowest BCUT2D eigenvalue weighted by molar-refractivity contribution is -0.384. The highest BCUT2D eigenvalue weighted by molar-refractivity contribution is 5.94. The SMILES string of the molecule is NC(=O)CN(C(=O)C=Cc1ccc([N+](=O)[O-])cc1)C1CCCC1. The van der Waals surface area contributed by atoms with E-state index in [4.69, 9.17) is 5.73 Å². The highest BCUT2D eigenvalue weighted by atomic mass is 16.6. The van der Waals surface area contributed by atoms with Gasteiger partial charge < -0.3 is 10.6 Å². The summed E-state index contributed by atoms with van der Waals surface area (Å²) < 4.78 is 0. The molecule has 0 unspecified atom stereocenters. The molecule has 1 aliphatic rings. The average molecular weight is 317 g/mol. The molecule has 1 saturated carbocycles. The lowest BCUT2D eigenvalue weighted by atomic mass is 10.1. The van der Waals surface area contributed by atoms with E-state index < -0.39 is 10.8 Å². The van der Waals surface area contributed by atoms with Crippen LogP contribution in [-0.2, 0) is 9.59 Å². The molecule has 7 nitrogen and oxygen atoms in total. The van der Waals surface area contributed by atoms with Gasteiger partial charge in [0.2, 0.25) is 11.8 Å². The molecule has 1 aromatic rings. The van der Waals surface area contributed by atoms with Crippen molar-refractivity contribution in [2.24, 2.45) is 5.73 Å². The fourth-order valence-corrected chi connectivity index (χ4v) is 2.74. The van der Waals surface area contributed by atoms with Crippen molar-refractivity contribution in [1.82, 2.24) is 4.90 Å². The van der Waals surface area contributed by atoms with E-state index in [0.717, 1.165) is 25.7 Å². The second kappa shape index (κ2) is 7.53. The normalized spacial score (nSPS) is 15.0. The van der Waals surface area contributed by atoms with Crippen LogP contribution in [0.4, 0.5) is 5.69 Å². The number of carbonyl (C=O) groups excluding carboxylic acids is 2. The molecule has 1 fully saturated rings. The molecule has 2 N–H and O–H groups in total. The molecule has 0 spiro atoms. The number of non-ortho nitro benzene ring substituents is 1. The van der Waals surface area contributed by atoms with Gasteiger partial charge in [-0.2, -0.15) is 0 Å². The highest BCUT2D eigenvalue weighted by Gasteiger charge is 2.26. The average Bonchev–Trinajstić information content (AvgIpc) is 3.04. The van der Waals surface area contributed by atoms with Crippen LogP contribution >= 0.6 is 0 Å². The lowest BCUT2D eigenvalue weighted by Crippen LogP contribution is -2.43.